The number of urea groups is 1. The highest BCUT2D eigenvalue weighted by molar-refractivity contribution is 7.84. The zero-order chi connectivity index (χ0) is 15.7. The Morgan fingerprint density at radius 2 is 1.86 bits per heavy atom. The molecule has 1 unspecified atom stereocenters. The van der Waals surface area contributed by atoms with Gasteiger partial charge in [-0.15, -0.1) is 0 Å². The first-order valence-corrected chi connectivity index (χ1v) is 8.74. The third-order valence-corrected chi connectivity index (χ3v) is 4.03. The fourth-order valence-electron chi connectivity index (χ4n) is 1.86. The second-order valence-corrected chi connectivity index (χ2v) is 6.21. The Labute approximate surface area is 128 Å². The zero-order valence-corrected chi connectivity index (χ0v) is 13.5. The van der Waals surface area contributed by atoms with Crippen molar-refractivity contribution in [2.75, 3.05) is 31.3 Å². The SMILES string of the molecule is CCCCN(CCCO)C(=O)Nc1ccc(S(C)=O)cc1. The van der Waals surface area contributed by atoms with Gasteiger partial charge in [-0.25, -0.2) is 4.79 Å². The predicted octanol–water partition coefficient (Wildman–Crippen LogP) is 2.44. The molecule has 1 aromatic rings. The van der Waals surface area contributed by atoms with E-state index in [0.29, 0.717) is 25.2 Å². The number of aliphatic hydroxyl groups excluding tert-OH is 1. The van der Waals surface area contributed by atoms with Crippen LogP contribution in [0.25, 0.3) is 0 Å². The van der Waals surface area contributed by atoms with Crippen LogP contribution in [0, 0.1) is 0 Å². The van der Waals surface area contributed by atoms with Crippen LogP contribution in [0.15, 0.2) is 29.2 Å². The number of nitrogens with one attached hydrogen (secondary N) is 1. The minimum absolute atomic E-state index is 0.0763. The summed E-state index contributed by atoms with van der Waals surface area (Å²) in [4.78, 5) is 14.7. The Bertz CT molecular complexity index is 454. The van der Waals surface area contributed by atoms with Gasteiger partial charge in [0.05, 0.1) is 0 Å². The maximum Gasteiger partial charge on any atom is 0.321 e. The lowest BCUT2D eigenvalue weighted by molar-refractivity contribution is 0.201. The first kappa shape index (κ1) is 17.7. The van der Waals surface area contributed by atoms with Crippen molar-refractivity contribution >= 4 is 22.5 Å². The van der Waals surface area contributed by atoms with Crippen LogP contribution in [0.5, 0.6) is 0 Å². The van der Waals surface area contributed by atoms with Gasteiger partial charge in [0.15, 0.2) is 0 Å². The summed E-state index contributed by atoms with van der Waals surface area (Å²) in [6.45, 7) is 3.37. The van der Waals surface area contributed by atoms with Gasteiger partial charge >= 0.3 is 6.03 Å². The molecule has 0 bridgehead atoms. The number of hydrogen-bond acceptors (Lipinski definition) is 3. The molecule has 0 saturated heterocycles. The number of anilines is 1. The van der Waals surface area contributed by atoms with Crippen LogP contribution in [0.2, 0.25) is 0 Å². The van der Waals surface area contributed by atoms with Crippen LogP contribution in [-0.4, -0.2) is 46.2 Å². The number of hydrogen-bond donors (Lipinski definition) is 2. The third-order valence-electron chi connectivity index (χ3n) is 3.09. The van der Waals surface area contributed by atoms with Crippen molar-refractivity contribution in [3.05, 3.63) is 24.3 Å². The predicted molar refractivity (Wildman–Crippen MR) is 86.0 cm³/mol. The van der Waals surface area contributed by atoms with E-state index in [-0.39, 0.29) is 12.6 Å². The van der Waals surface area contributed by atoms with Gasteiger partial charge in [-0.05, 0) is 37.1 Å². The van der Waals surface area contributed by atoms with Crippen LogP contribution in [0.4, 0.5) is 10.5 Å². The van der Waals surface area contributed by atoms with E-state index in [1.807, 2.05) is 0 Å². The van der Waals surface area contributed by atoms with Gasteiger partial charge in [-0.1, -0.05) is 13.3 Å². The van der Waals surface area contributed by atoms with Crippen molar-refractivity contribution in [2.45, 2.75) is 31.1 Å². The van der Waals surface area contributed by atoms with Gasteiger partial charge in [0, 0.05) is 47.3 Å². The molecule has 1 aromatic carbocycles. The molecular formula is C15H24N2O3S. The van der Waals surface area contributed by atoms with Gasteiger partial charge < -0.3 is 15.3 Å². The minimum Gasteiger partial charge on any atom is -0.396 e. The standard InChI is InChI=1S/C15H24N2O3S/c1-3-4-10-17(11-5-12-18)15(19)16-13-6-8-14(9-7-13)21(2)20/h6-9,18H,3-5,10-12H2,1-2H3,(H,16,19). The second kappa shape index (κ2) is 9.52. The van der Waals surface area contributed by atoms with E-state index in [4.69, 9.17) is 5.11 Å². The number of aliphatic hydroxyl groups is 1. The lowest BCUT2D eigenvalue weighted by Crippen LogP contribution is -2.36. The number of carbonyl (C=O) groups excluding carboxylic acids is 1. The molecule has 0 radical (unpaired) electrons. The molecular weight excluding hydrogens is 288 g/mol. The van der Waals surface area contributed by atoms with Crippen molar-refractivity contribution in [2.24, 2.45) is 0 Å². The Balaban J connectivity index is 2.64. The average Bonchev–Trinajstić information content (AvgIpc) is 2.47. The van der Waals surface area contributed by atoms with E-state index in [2.05, 4.69) is 12.2 Å². The molecule has 0 saturated carbocycles. The van der Waals surface area contributed by atoms with E-state index in [0.717, 1.165) is 17.7 Å². The maximum atomic E-state index is 12.2. The molecule has 6 heteroatoms. The molecule has 1 rings (SSSR count). The summed E-state index contributed by atoms with van der Waals surface area (Å²) in [5, 5.41) is 11.7. The molecule has 0 aliphatic heterocycles. The topological polar surface area (TPSA) is 69.6 Å². The van der Waals surface area contributed by atoms with Gasteiger partial charge in [-0.2, -0.15) is 0 Å². The zero-order valence-electron chi connectivity index (χ0n) is 12.7. The summed E-state index contributed by atoms with van der Waals surface area (Å²) in [6, 6.07) is 6.82. The normalized spacial score (nSPS) is 12.0. The van der Waals surface area contributed by atoms with Gasteiger partial charge in [0.1, 0.15) is 0 Å². The van der Waals surface area contributed by atoms with Crippen molar-refractivity contribution in [3.8, 4) is 0 Å². The van der Waals surface area contributed by atoms with Crippen molar-refractivity contribution in [1.82, 2.24) is 4.90 Å². The Morgan fingerprint density at radius 3 is 2.38 bits per heavy atom. The lowest BCUT2D eigenvalue weighted by Gasteiger charge is -2.22. The van der Waals surface area contributed by atoms with Crippen LogP contribution < -0.4 is 5.32 Å². The molecule has 0 spiro atoms. The molecule has 0 aliphatic rings. The molecule has 2 amide bonds. The van der Waals surface area contributed by atoms with Crippen LogP contribution >= 0.6 is 0 Å². The van der Waals surface area contributed by atoms with E-state index in [1.54, 1.807) is 35.4 Å². The Kier molecular flexibility index (Phi) is 8.00. The van der Waals surface area contributed by atoms with Crippen LogP contribution in [0.3, 0.4) is 0 Å². The number of amides is 2. The fourth-order valence-corrected chi connectivity index (χ4v) is 2.38. The lowest BCUT2D eigenvalue weighted by atomic mass is 10.3. The number of benzene rings is 1. The number of rotatable bonds is 8. The molecule has 21 heavy (non-hydrogen) atoms. The molecule has 0 aromatic heterocycles. The summed E-state index contributed by atoms with van der Waals surface area (Å²) in [6.07, 6.45) is 4.15. The van der Waals surface area contributed by atoms with Crippen LogP contribution in [-0.2, 0) is 10.8 Å². The number of unbranched alkanes of at least 4 members (excludes halogenated alkanes) is 1. The molecule has 5 nitrogen and oxygen atoms in total. The quantitative estimate of drug-likeness (QED) is 0.774. The third kappa shape index (κ3) is 6.27. The highest BCUT2D eigenvalue weighted by Gasteiger charge is 2.12. The molecule has 0 heterocycles. The first-order valence-electron chi connectivity index (χ1n) is 7.18. The summed E-state index contributed by atoms with van der Waals surface area (Å²) in [5.41, 5.74) is 0.680. The molecule has 0 aliphatic carbocycles. The summed E-state index contributed by atoms with van der Waals surface area (Å²) >= 11 is 0. The first-order chi connectivity index (χ1) is 10.1. The molecule has 1 atom stereocenters. The fraction of sp³-hybridized carbons (Fsp3) is 0.533. The maximum absolute atomic E-state index is 12.2. The van der Waals surface area contributed by atoms with Crippen molar-refractivity contribution in [1.29, 1.82) is 0 Å². The summed E-state index contributed by atoms with van der Waals surface area (Å²) in [5.74, 6) is 0. The van der Waals surface area contributed by atoms with Gasteiger partial charge in [0.2, 0.25) is 0 Å². The average molecular weight is 312 g/mol. The smallest absolute Gasteiger partial charge is 0.321 e. The molecule has 2 N–H and O–H groups in total. The van der Waals surface area contributed by atoms with Crippen molar-refractivity contribution in [3.63, 3.8) is 0 Å². The van der Waals surface area contributed by atoms with Crippen LogP contribution in [0.1, 0.15) is 26.2 Å². The van der Waals surface area contributed by atoms with Gasteiger partial charge in [-0.3, -0.25) is 4.21 Å². The second-order valence-electron chi connectivity index (χ2n) is 4.83. The van der Waals surface area contributed by atoms with Crippen molar-refractivity contribution < 1.29 is 14.1 Å². The highest BCUT2D eigenvalue weighted by atomic mass is 32.2. The molecule has 118 valence electrons. The highest BCUT2D eigenvalue weighted by Crippen LogP contribution is 2.13. The van der Waals surface area contributed by atoms with Gasteiger partial charge in [0.25, 0.3) is 0 Å². The van der Waals surface area contributed by atoms with E-state index < -0.39 is 10.8 Å². The number of carbonyl (C=O) groups is 1. The van der Waals surface area contributed by atoms with E-state index in [9.17, 15) is 9.00 Å². The van der Waals surface area contributed by atoms with E-state index >= 15 is 0 Å². The summed E-state index contributed by atoms with van der Waals surface area (Å²) < 4.78 is 11.3. The Hall–Kier alpha value is -1.40. The Morgan fingerprint density at radius 1 is 1.24 bits per heavy atom. The minimum atomic E-state index is -1.02. The molecule has 0 fully saturated rings. The van der Waals surface area contributed by atoms with E-state index in [1.165, 1.54) is 0 Å². The monoisotopic (exact) mass is 312 g/mol. The largest absolute Gasteiger partial charge is 0.396 e. The number of nitrogens with zero attached hydrogens (tertiary/aromatic N) is 1. The summed E-state index contributed by atoms with van der Waals surface area (Å²) in [7, 11) is -1.02.